The fourth-order valence-electron chi connectivity index (χ4n) is 1.63. The van der Waals surface area contributed by atoms with Crippen LogP contribution in [0.25, 0.3) is 4.85 Å². The second kappa shape index (κ2) is 5.00. The molecule has 0 spiro atoms. The summed E-state index contributed by atoms with van der Waals surface area (Å²) in [5.74, 6) is 0. The molecular formula is C13H13N3. The van der Waals surface area contributed by atoms with Crippen molar-refractivity contribution < 1.29 is 0 Å². The molecule has 0 saturated heterocycles. The Labute approximate surface area is 96.1 Å². The highest BCUT2D eigenvalue weighted by molar-refractivity contribution is 5.49. The third-order valence-corrected chi connectivity index (χ3v) is 2.38. The van der Waals surface area contributed by atoms with E-state index in [4.69, 9.17) is 11.8 Å². The van der Waals surface area contributed by atoms with Gasteiger partial charge in [-0.1, -0.05) is 6.08 Å². The minimum absolute atomic E-state index is 0.136. The summed E-state index contributed by atoms with van der Waals surface area (Å²) in [6.45, 7) is 15.3. The Morgan fingerprint density at radius 3 is 2.50 bits per heavy atom. The number of rotatable bonds is 2. The van der Waals surface area contributed by atoms with Gasteiger partial charge in [-0.15, -0.1) is 6.58 Å². The lowest BCUT2D eigenvalue weighted by atomic mass is 10.1. The molecule has 0 atom stereocenters. The first-order chi connectivity index (χ1) is 7.63. The molecular weight excluding hydrogens is 198 g/mol. The van der Waals surface area contributed by atoms with Crippen molar-refractivity contribution in [3.8, 4) is 6.07 Å². The second-order valence-electron chi connectivity index (χ2n) is 3.50. The van der Waals surface area contributed by atoms with Gasteiger partial charge in [-0.2, -0.15) is 0 Å². The smallest absolute Gasteiger partial charge is 0.269 e. The average molecular weight is 211 g/mol. The molecule has 0 aromatic rings. The SMILES string of the molecule is [C-]#[N+]C(C#N)=C1C=C(C)N(CC=C)C(C)=C1. The largest absolute Gasteiger partial charge is 0.346 e. The van der Waals surface area contributed by atoms with Crippen molar-refractivity contribution in [2.75, 3.05) is 6.54 Å². The molecule has 0 aliphatic carbocycles. The molecule has 0 radical (unpaired) electrons. The van der Waals surface area contributed by atoms with Crippen LogP contribution in [0, 0.1) is 17.9 Å². The topological polar surface area (TPSA) is 31.4 Å². The van der Waals surface area contributed by atoms with Crippen molar-refractivity contribution in [3.63, 3.8) is 0 Å². The summed E-state index contributed by atoms with van der Waals surface area (Å²) in [6.07, 6.45) is 5.53. The maximum atomic E-state index is 8.81. The molecule has 1 heterocycles. The molecule has 0 aromatic heterocycles. The molecule has 0 bridgehead atoms. The first-order valence-electron chi connectivity index (χ1n) is 4.91. The van der Waals surface area contributed by atoms with Crippen LogP contribution >= 0.6 is 0 Å². The van der Waals surface area contributed by atoms with Crippen LogP contribution in [0.15, 0.2) is 47.5 Å². The third-order valence-electron chi connectivity index (χ3n) is 2.38. The first-order valence-corrected chi connectivity index (χ1v) is 4.91. The minimum atomic E-state index is 0.136. The maximum Gasteiger partial charge on any atom is 0.269 e. The molecule has 1 aliphatic heterocycles. The summed E-state index contributed by atoms with van der Waals surface area (Å²) in [7, 11) is 0. The van der Waals surface area contributed by atoms with Crippen LogP contribution < -0.4 is 0 Å². The van der Waals surface area contributed by atoms with Crippen LogP contribution in [0.2, 0.25) is 0 Å². The highest BCUT2D eigenvalue weighted by Crippen LogP contribution is 2.24. The van der Waals surface area contributed by atoms with Gasteiger partial charge in [0, 0.05) is 17.9 Å². The molecule has 80 valence electrons. The van der Waals surface area contributed by atoms with Crippen molar-refractivity contribution in [2.45, 2.75) is 13.8 Å². The number of allylic oxidation sites excluding steroid dienone is 6. The number of nitrogens with zero attached hydrogens (tertiary/aromatic N) is 3. The normalized spacial score (nSPS) is 14.5. The van der Waals surface area contributed by atoms with Crippen molar-refractivity contribution in [1.29, 1.82) is 5.26 Å². The van der Waals surface area contributed by atoms with Gasteiger partial charge in [0.25, 0.3) is 5.70 Å². The summed E-state index contributed by atoms with van der Waals surface area (Å²) in [4.78, 5) is 5.29. The number of hydrogen-bond donors (Lipinski definition) is 0. The van der Waals surface area contributed by atoms with Crippen molar-refractivity contribution in [2.24, 2.45) is 0 Å². The molecule has 1 rings (SSSR count). The Balaban J connectivity index is 3.19. The van der Waals surface area contributed by atoms with Gasteiger partial charge in [0.15, 0.2) is 0 Å². The van der Waals surface area contributed by atoms with Gasteiger partial charge >= 0.3 is 0 Å². The Morgan fingerprint density at radius 2 is 2.12 bits per heavy atom. The van der Waals surface area contributed by atoms with Gasteiger partial charge in [0.2, 0.25) is 0 Å². The quantitative estimate of drug-likeness (QED) is 0.399. The van der Waals surface area contributed by atoms with E-state index in [1.54, 1.807) is 0 Å². The van der Waals surface area contributed by atoms with Crippen molar-refractivity contribution in [3.05, 3.63) is 58.9 Å². The van der Waals surface area contributed by atoms with Crippen LogP contribution in [0.5, 0.6) is 0 Å². The van der Waals surface area contributed by atoms with E-state index in [1.807, 2.05) is 38.1 Å². The molecule has 0 fully saturated rings. The molecule has 0 aromatic carbocycles. The average Bonchev–Trinajstić information content (AvgIpc) is 2.25. The summed E-state index contributed by atoms with van der Waals surface area (Å²) < 4.78 is 0. The van der Waals surface area contributed by atoms with Gasteiger partial charge in [0.1, 0.15) is 0 Å². The fraction of sp³-hybridized carbons (Fsp3) is 0.231. The predicted molar refractivity (Wildman–Crippen MR) is 63.7 cm³/mol. The number of hydrogen-bond acceptors (Lipinski definition) is 2. The van der Waals surface area contributed by atoms with E-state index in [-0.39, 0.29) is 5.70 Å². The van der Waals surface area contributed by atoms with E-state index < -0.39 is 0 Å². The van der Waals surface area contributed by atoms with E-state index in [1.165, 1.54) is 0 Å². The van der Waals surface area contributed by atoms with Crippen molar-refractivity contribution in [1.82, 2.24) is 4.90 Å². The lowest BCUT2D eigenvalue weighted by Gasteiger charge is -2.28. The monoisotopic (exact) mass is 211 g/mol. The zero-order valence-electron chi connectivity index (χ0n) is 9.49. The standard InChI is InChI=1S/C13H13N3/c1-5-6-16-10(2)7-12(8-11(16)3)13(9-14)15-4/h5,7-8H,1,6H2,2-3H3. The van der Waals surface area contributed by atoms with E-state index in [9.17, 15) is 0 Å². The first kappa shape index (κ1) is 11.8. The minimum Gasteiger partial charge on any atom is -0.346 e. The summed E-state index contributed by atoms with van der Waals surface area (Å²) >= 11 is 0. The lowest BCUT2D eigenvalue weighted by Crippen LogP contribution is -2.22. The fourth-order valence-corrected chi connectivity index (χ4v) is 1.63. The summed E-state index contributed by atoms with van der Waals surface area (Å²) in [6, 6.07) is 1.91. The summed E-state index contributed by atoms with van der Waals surface area (Å²) in [5.41, 5.74) is 2.86. The molecule has 0 saturated carbocycles. The van der Waals surface area contributed by atoms with Gasteiger partial charge in [-0.25, -0.2) is 10.1 Å². The summed E-state index contributed by atoms with van der Waals surface area (Å²) in [5, 5.41) is 8.81. The second-order valence-corrected chi connectivity index (χ2v) is 3.50. The van der Waals surface area contributed by atoms with E-state index in [2.05, 4.69) is 16.3 Å². The van der Waals surface area contributed by atoms with Crippen LogP contribution in [-0.4, -0.2) is 11.4 Å². The van der Waals surface area contributed by atoms with Crippen molar-refractivity contribution >= 4 is 0 Å². The molecule has 0 unspecified atom stereocenters. The molecule has 0 amide bonds. The highest BCUT2D eigenvalue weighted by atomic mass is 15.1. The maximum absolute atomic E-state index is 8.81. The molecule has 1 aliphatic rings. The molecule has 0 N–H and O–H groups in total. The van der Waals surface area contributed by atoms with E-state index >= 15 is 0 Å². The van der Waals surface area contributed by atoms with Crippen LogP contribution in [-0.2, 0) is 0 Å². The molecule has 16 heavy (non-hydrogen) atoms. The molecule has 3 heteroatoms. The van der Waals surface area contributed by atoms with Crippen LogP contribution in [0.4, 0.5) is 0 Å². The Morgan fingerprint density at radius 1 is 1.56 bits per heavy atom. The third kappa shape index (κ3) is 2.21. The van der Waals surface area contributed by atoms with E-state index in [0.717, 1.165) is 17.9 Å². The van der Waals surface area contributed by atoms with Gasteiger partial charge in [-0.05, 0) is 31.6 Å². The zero-order chi connectivity index (χ0) is 12.1. The van der Waals surface area contributed by atoms with Gasteiger partial charge in [-0.3, -0.25) is 0 Å². The Hall–Kier alpha value is -2.26. The Bertz CT molecular complexity index is 440. The van der Waals surface area contributed by atoms with Crippen LogP contribution in [0.1, 0.15) is 13.8 Å². The van der Waals surface area contributed by atoms with E-state index in [0.29, 0.717) is 5.57 Å². The molecule has 3 nitrogen and oxygen atoms in total. The van der Waals surface area contributed by atoms with Gasteiger partial charge < -0.3 is 4.90 Å². The lowest BCUT2D eigenvalue weighted by molar-refractivity contribution is 0.469. The predicted octanol–water partition coefficient (Wildman–Crippen LogP) is 2.99. The van der Waals surface area contributed by atoms with Gasteiger partial charge in [0.05, 0.1) is 12.6 Å². The highest BCUT2D eigenvalue weighted by Gasteiger charge is 2.14. The zero-order valence-corrected chi connectivity index (χ0v) is 9.49. The number of nitriles is 1. The van der Waals surface area contributed by atoms with Crippen LogP contribution in [0.3, 0.4) is 0 Å². The Kier molecular flexibility index (Phi) is 3.69.